The molecule has 0 radical (unpaired) electrons. The minimum Gasteiger partial charge on any atom is -0.490 e. The quantitative estimate of drug-likeness (QED) is 0.0982. The molecule has 4 aromatic carbocycles. The van der Waals surface area contributed by atoms with Gasteiger partial charge in [0.1, 0.15) is 12.2 Å². The van der Waals surface area contributed by atoms with Crippen LogP contribution in [-0.2, 0) is 6.61 Å². The van der Waals surface area contributed by atoms with Crippen LogP contribution in [0.5, 0.6) is 11.5 Å². The van der Waals surface area contributed by atoms with Crippen molar-refractivity contribution in [2.75, 3.05) is 6.61 Å². The molecule has 11 heteroatoms. The predicted octanol–water partition coefficient (Wildman–Crippen LogP) is 7.23. The average molecular weight is 595 g/mol. The molecule has 10 nitrogen and oxygen atoms in total. The SMILES string of the molecule is CCOc1cc(C=Nn2c(-c3cc4cc(Cl)ccc4o3)nc3ccccc3c2=O)cc([N+](=O)[O-])c1OCc1ccccc1. The summed E-state index contributed by atoms with van der Waals surface area (Å²) in [6.45, 7) is 2.12. The second-order valence-electron chi connectivity index (χ2n) is 9.44. The van der Waals surface area contributed by atoms with Gasteiger partial charge in [-0.2, -0.15) is 9.78 Å². The summed E-state index contributed by atoms with van der Waals surface area (Å²) in [4.78, 5) is 29.8. The van der Waals surface area contributed by atoms with Gasteiger partial charge >= 0.3 is 5.69 Å². The maximum atomic E-state index is 13.6. The summed E-state index contributed by atoms with van der Waals surface area (Å²) in [5.74, 6) is 0.615. The Balaban J connectivity index is 1.45. The number of nitrogens with zero attached hydrogens (tertiary/aromatic N) is 4. The molecule has 2 aromatic heterocycles. The molecule has 214 valence electrons. The van der Waals surface area contributed by atoms with Crippen LogP contribution in [0, 0.1) is 10.1 Å². The van der Waals surface area contributed by atoms with E-state index in [1.807, 2.05) is 30.3 Å². The lowest BCUT2D eigenvalue weighted by atomic mass is 10.1. The second-order valence-corrected chi connectivity index (χ2v) is 9.88. The van der Waals surface area contributed by atoms with Crippen molar-refractivity contribution in [3.8, 4) is 23.1 Å². The number of ether oxygens (including phenoxy) is 2. The average Bonchev–Trinajstić information content (AvgIpc) is 3.43. The van der Waals surface area contributed by atoms with Crippen LogP contribution in [0.3, 0.4) is 0 Å². The largest absolute Gasteiger partial charge is 0.490 e. The number of halogens is 1. The summed E-state index contributed by atoms with van der Waals surface area (Å²) >= 11 is 6.16. The third kappa shape index (κ3) is 5.68. The topological polar surface area (TPSA) is 122 Å². The molecule has 0 saturated heterocycles. The van der Waals surface area contributed by atoms with Gasteiger partial charge < -0.3 is 13.9 Å². The number of rotatable bonds is 9. The Morgan fingerprint density at radius 3 is 2.60 bits per heavy atom. The van der Waals surface area contributed by atoms with Gasteiger partial charge in [-0.25, -0.2) is 4.98 Å². The molecule has 0 bridgehead atoms. The number of aromatic nitrogens is 2. The number of hydrogen-bond donors (Lipinski definition) is 0. The van der Waals surface area contributed by atoms with Crippen molar-refractivity contribution in [2.24, 2.45) is 5.10 Å². The van der Waals surface area contributed by atoms with Gasteiger partial charge in [0, 0.05) is 22.0 Å². The first-order valence-electron chi connectivity index (χ1n) is 13.3. The summed E-state index contributed by atoms with van der Waals surface area (Å²) < 4.78 is 18.7. The Kier molecular flexibility index (Phi) is 7.59. The predicted molar refractivity (Wildman–Crippen MR) is 164 cm³/mol. The molecule has 0 unspecified atom stereocenters. The highest BCUT2D eigenvalue weighted by atomic mass is 35.5. The van der Waals surface area contributed by atoms with E-state index in [9.17, 15) is 14.9 Å². The van der Waals surface area contributed by atoms with E-state index in [0.29, 0.717) is 32.8 Å². The molecule has 0 N–H and O–H groups in total. The molecule has 0 aliphatic carbocycles. The zero-order valence-electron chi connectivity index (χ0n) is 22.8. The van der Waals surface area contributed by atoms with Gasteiger partial charge in [-0.05, 0) is 55.0 Å². The summed E-state index contributed by atoms with van der Waals surface area (Å²) in [6, 6.07) is 26.0. The molecule has 0 atom stereocenters. The van der Waals surface area contributed by atoms with E-state index < -0.39 is 10.5 Å². The summed E-state index contributed by atoms with van der Waals surface area (Å²) in [6.07, 6.45) is 1.33. The van der Waals surface area contributed by atoms with Gasteiger partial charge in [-0.15, -0.1) is 0 Å². The van der Waals surface area contributed by atoms with E-state index in [1.54, 1.807) is 61.5 Å². The van der Waals surface area contributed by atoms with Gasteiger partial charge in [-0.1, -0.05) is 54.1 Å². The van der Waals surface area contributed by atoms with Crippen LogP contribution in [0.15, 0.2) is 105 Å². The van der Waals surface area contributed by atoms with Gasteiger partial charge in [-0.3, -0.25) is 14.9 Å². The fourth-order valence-electron chi connectivity index (χ4n) is 4.60. The fraction of sp³-hybridized carbons (Fsp3) is 0.0938. The molecular weight excluding hydrogens is 572 g/mol. The number of para-hydroxylation sites is 1. The van der Waals surface area contributed by atoms with E-state index in [1.165, 1.54) is 12.3 Å². The Labute approximate surface area is 249 Å². The zero-order chi connectivity index (χ0) is 29.9. The van der Waals surface area contributed by atoms with Crippen LogP contribution in [-0.4, -0.2) is 27.4 Å². The number of furan rings is 1. The van der Waals surface area contributed by atoms with Crippen molar-refractivity contribution in [2.45, 2.75) is 13.5 Å². The molecular formula is C32H23ClN4O6. The smallest absolute Gasteiger partial charge is 0.315 e. The molecule has 0 saturated carbocycles. The maximum absolute atomic E-state index is 13.6. The minimum atomic E-state index is -0.547. The van der Waals surface area contributed by atoms with Crippen LogP contribution in [0.1, 0.15) is 18.1 Å². The number of fused-ring (bicyclic) bond motifs is 2. The number of benzene rings is 4. The molecule has 0 aliphatic heterocycles. The number of nitro benzene ring substituents is 1. The molecule has 0 amide bonds. The Morgan fingerprint density at radius 1 is 1.02 bits per heavy atom. The highest BCUT2D eigenvalue weighted by Crippen LogP contribution is 2.39. The number of hydrogen-bond acceptors (Lipinski definition) is 8. The van der Waals surface area contributed by atoms with Crippen LogP contribution in [0.4, 0.5) is 5.69 Å². The monoisotopic (exact) mass is 594 g/mol. The van der Waals surface area contributed by atoms with Crippen molar-refractivity contribution >= 4 is 45.4 Å². The molecule has 2 heterocycles. The minimum absolute atomic E-state index is 0.000910. The summed E-state index contributed by atoms with van der Waals surface area (Å²) in [7, 11) is 0. The fourth-order valence-corrected chi connectivity index (χ4v) is 4.78. The lowest BCUT2D eigenvalue weighted by molar-refractivity contribution is -0.386. The van der Waals surface area contributed by atoms with Crippen LogP contribution in [0.2, 0.25) is 5.02 Å². The molecule has 0 fully saturated rings. The van der Waals surface area contributed by atoms with E-state index >= 15 is 0 Å². The molecule has 6 aromatic rings. The first-order valence-corrected chi connectivity index (χ1v) is 13.7. The number of nitro groups is 1. The highest BCUT2D eigenvalue weighted by molar-refractivity contribution is 6.31. The Hall–Kier alpha value is -5.48. The van der Waals surface area contributed by atoms with E-state index in [-0.39, 0.29) is 36.2 Å². The Morgan fingerprint density at radius 2 is 1.81 bits per heavy atom. The van der Waals surface area contributed by atoms with Gasteiger partial charge in [0.2, 0.25) is 11.6 Å². The standard InChI is InChI=1S/C32H23ClN4O6/c1-2-41-28-15-21(14-26(37(39)40)30(28)42-19-20-8-4-3-5-9-20)18-34-36-31(35-25-11-7-6-10-24(25)32(36)38)29-17-22-16-23(33)12-13-27(22)43-29/h3-18H,2,19H2,1H3. The van der Waals surface area contributed by atoms with E-state index in [2.05, 4.69) is 10.1 Å². The molecule has 0 spiro atoms. The van der Waals surface area contributed by atoms with Crippen LogP contribution < -0.4 is 15.0 Å². The lowest BCUT2D eigenvalue weighted by Crippen LogP contribution is -2.20. The summed E-state index contributed by atoms with van der Waals surface area (Å²) in [5, 5.41) is 18.1. The lowest BCUT2D eigenvalue weighted by Gasteiger charge is -2.13. The van der Waals surface area contributed by atoms with Crippen molar-refractivity contribution in [3.05, 3.63) is 128 Å². The third-order valence-electron chi connectivity index (χ3n) is 6.55. The van der Waals surface area contributed by atoms with Crippen LogP contribution >= 0.6 is 11.6 Å². The van der Waals surface area contributed by atoms with Crippen molar-refractivity contribution in [1.29, 1.82) is 0 Å². The normalized spacial score (nSPS) is 11.4. The first kappa shape index (κ1) is 27.7. The molecule has 43 heavy (non-hydrogen) atoms. The third-order valence-corrected chi connectivity index (χ3v) is 6.79. The maximum Gasteiger partial charge on any atom is 0.315 e. The van der Waals surface area contributed by atoms with Gasteiger partial charge in [0.15, 0.2) is 11.5 Å². The van der Waals surface area contributed by atoms with E-state index in [0.717, 1.165) is 15.6 Å². The first-order chi connectivity index (χ1) is 20.9. The van der Waals surface area contributed by atoms with Crippen molar-refractivity contribution in [1.82, 2.24) is 9.66 Å². The van der Waals surface area contributed by atoms with Crippen LogP contribution in [0.25, 0.3) is 33.5 Å². The second kappa shape index (κ2) is 11.8. The van der Waals surface area contributed by atoms with Crippen molar-refractivity contribution < 1.29 is 18.8 Å². The molecule has 0 aliphatic rings. The highest BCUT2D eigenvalue weighted by Gasteiger charge is 2.23. The van der Waals surface area contributed by atoms with Gasteiger partial charge in [0.05, 0.1) is 28.6 Å². The summed E-state index contributed by atoms with van der Waals surface area (Å²) in [5.41, 5.74) is 1.42. The Bertz CT molecular complexity index is 2070. The van der Waals surface area contributed by atoms with E-state index in [4.69, 9.17) is 25.5 Å². The van der Waals surface area contributed by atoms with Crippen molar-refractivity contribution in [3.63, 3.8) is 0 Å². The van der Waals surface area contributed by atoms with Gasteiger partial charge in [0.25, 0.3) is 5.56 Å². The molecule has 6 rings (SSSR count). The zero-order valence-corrected chi connectivity index (χ0v) is 23.5.